The summed E-state index contributed by atoms with van der Waals surface area (Å²) in [5.74, 6) is 1.05. The van der Waals surface area contributed by atoms with Crippen LogP contribution in [-0.4, -0.2) is 37.1 Å². The van der Waals surface area contributed by atoms with Gasteiger partial charge in [-0.3, -0.25) is 4.90 Å². The van der Waals surface area contributed by atoms with Crippen molar-refractivity contribution in [3.63, 3.8) is 0 Å². The fourth-order valence-electron chi connectivity index (χ4n) is 3.57. The first-order valence-electron chi connectivity index (χ1n) is 7.71. The first kappa shape index (κ1) is 13.4. The van der Waals surface area contributed by atoms with Crippen molar-refractivity contribution in [3.8, 4) is 0 Å². The number of nitrogens with zero attached hydrogens (tertiary/aromatic N) is 1. The lowest BCUT2D eigenvalue weighted by Crippen LogP contribution is -2.47. The molecule has 2 nitrogen and oxygen atoms in total. The van der Waals surface area contributed by atoms with Gasteiger partial charge in [0.1, 0.15) is 0 Å². The van der Waals surface area contributed by atoms with Crippen LogP contribution in [0.2, 0.25) is 0 Å². The normalized spacial score (nSPS) is 28.9. The molecule has 1 saturated heterocycles. The molecule has 1 N–H and O–H groups in total. The van der Waals surface area contributed by atoms with Gasteiger partial charge in [-0.2, -0.15) is 0 Å². The zero-order chi connectivity index (χ0) is 12.1. The predicted octanol–water partition coefficient (Wildman–Crippen LogP) is 3.03. The monoisotopic (exact) mass is 238 g/mol. The lowest BCUT2D eigenvalue weighted by Gasteiger charge is -2.42. The molecule has 17 heavy (non-hydrogen) atoms. The van der Waals surface area contributed by atoms with Crippen molar-refractivity contribution >= 4 is 0 Å². The van der Waals surface area contributed by atoms with Crippen LogP contribution in [0.3, 0.4) is 0 Å². The highest BCUT2D eigenvalue weighted by atomic mass is 15.2. The summed E-state index contributed by atoms with van der Waals surface area (Å²) in [5.41, 5.74) is 0. The van der Waals surface area contributed by atoms with E-state index in [1.165, 1.54) is 64.5 Å². The smallest absolute Gasteiger partial charge is 0.0110 e. The van der Waals surface area contributed by atoms with Crippen LogP contribution in [0.5, 0.6) is 0 Å². The first-order valence-corrected chi connectivity index (χ1v) is 7.71. The fourth-order valence-corrected chi connectivity index (χ4v) is 3.57. The molecule has 2 unspecified atom stereocenters. The van der Waals surface area contributed by atoms with Gasteiger partial charge < -0.3 is 5.32 Å². The second-order valence-corrected chi connectivity index (χ2v) is 6.16. The van der Waals surface area contributed by atoms with Crippen molar-refractivity contribution in [3.05, 3.63) is 0 Å². The van der Waals surface area contributed by atoms with Crippen LogP contribution in [0.1, 0.15) is 58.3 Å². The Balaban J connectivity index is 1.80. The zero-order valence-electron chi connectivity index (χ0n) is 11.8. The third-order valence-corrected chi connectivity index (χ3v) is 4.87. The van der Waals surface area contributed by atoms with Crippen molar-refractivity contribution in [2.45, 2.75) is 70.4 Å². The van der Waals surface area contributed by atoms with E-state index in [0.29, 0.717) is 0 Å². The summed E-state index contributed by atoms with van der Waals surface area (Å²) in [4.78, 5) is 2.82. The Hall–Kier alpha value is -0.0800. The molecular formula is C15H30N2. The zero-order valence-corrected chi connectivity index (χ0v) is 11.8. The van der Waals surface area contributed by atoms with Gasteiger partial charge in [-0.1, -0.05) is 25.7 Å². The van der Waals surface area contributed by atoms with Crippen LogP contribution >= 0.6 is 0 Å². The number of likely N-dealkylation sites (tertiary alicyclic amines) is 1. The molecule has 0 aromatic carbocycles. The van der Waals surface area contributed by atoms with Crippen LogP contribution in [0, 0.1) is 5.92 Å². The maximum absolute atomic E-state index is 3.31. The molecule has 2 aliphatic rings. The molecule has 0 bridgehead atoms. The topological polar surface area (TPSA) is 15.3 Å². The van der Waals surface area contributed by atoms with Crippen molar-refractivity contribution in [1.82, 2.24) is 10.2 Å². The molecule has 0 spiro atoms. The van der Waals surface area contributed by atoms with Crippen molar-refractivity contribution < 1.29 is 0 Å². The van der Waals surface area contributed by atoms with Crippen LogP contribution in [0.25, 0.3) is 0 Å². The van der Waals surface area contributed by atoms with Crippen molar-refractivity contribution in [1.29, 1.82) is 0 Å². The quantitative estimate of drug-likeness (QED) is 0.765. The highest BCUT2D eigenvalue weighted by Crippen LogP contribution is 2.33. The predicted molar refractivity (Wildman–Crippen MR) is 74.3 cm³/mol. The summed E-state index contributed by atoms with van der Waals surface area (Å²) >= 11 is 0. The van der Waals surface area contributed by atoms with Gasteiger partial charge in [0.15, 0.2) is 0 Å². The molecule has 1 heterocycles. The minimum Gasteiger partial charge on any atom is -0.320 e. The number of hydrogen-bond donors (Lipinski definition) is 1. The summed E-state index contributed by atoms with van der Waals surface area (Å²) in [6, 6.07) is 1.67. The van der Waals surface area contributed by atoms with Crippen LogP contribution in [-0.2, 0) is 0 Å². The van der Waals surface area contributed by atoms with Crippen LogP contribution < -0.4 is 5.32 Å². The molecule has 2 rings (SSSR count). The van der Waals surface area contributed by atoms with Gasteiger partial charge in [0.2, 0.25) is 0 Å². The Morgan fingerprint density at radius 2 is 2.00 bits per heavy atom. The van der Waals surface area contributed by atoms with E-state index in [1.807, 2.05) is 0 Å². The second kappa shape index (κ2) is 6.75. The molecule has 2 heteroatoms. The molecule has 2 atom stereocenters. The van der Waals surface area contributed by atoms with Gasteiger partial charge in [0, 0.05) is 12.1 Å². The number of nitrogens with one attached hydrogen (secondary N) is 1. The Morgan fingerprint density at radius 1 is 1.18 bits per heavy atom. The van der Waals surface area contributed by atoms with Crippen molar-refractivity contribution in [2.24, 2.45) is 5.92 Å². The van der Waals surface area contributed by atoms with E-state index >= 15 is 0 Å². The largest absolute Gasteiger partial charge is 0.320 e. The van der Waals surface area contributed by atoms with Gasteiger partial charge >= 0.3 is 0 Å². The third kappa shape index (κ3) is 3.69. The molecule has 100 valence electrons. The second-order valence-electron chi connectivity index (χ2n) is 6.16. The third-order valence-electron chi connectivity index (χ3n) is 4.87. The van der Waals surface area contributed by atoms with Gasteiger partial charge in [0.25, 0.3) is 0 Å². The van der Waals surface area contributed by atoms with E-state index in [9.17, 15) is 0 Å². The maximum Gasteiger partial charge on any atom is 0.0110 e. The maximum atomic E-state index is 3.31. The summed E-state index contributed by atoms with van der Waals surface area (Å²) in [7, 11) is 2.07. The minimum absolute atomic E-state index is 0.822. The summed E-state index contributed by atoms with van der Waals surface area (Å²) < 4.78 is 0. The van der Waals surface area contributed by atoms with E-state index in [2.05, 4.69) is 24.2 Å². The molecular weight excluding hydrogens is 208 g/mol. The van der Waals surface area contributed by atoms with E-state index < -0.39 is 0 Å². The summed E-state index contributed by atoms with van der Waals surface area (Å²) in [5, 5.41) is 3.31. The van der Waals surface area contributed by atoms with E-state index in [-0.39, 0.29) is 0 Å². The molecule has 1 saturated carbocycles. The fraction of sp³-hybridized carbons (Fsp3) is 1.00. The van der Waals surface area contributed by atoms with E-state index in [4.69, 9.17) is 0 Å². The van der Waals surface area contributed by atoms with Crippen molar-refractivity contribution in [2.75, 3.05) is 20.1 Å². The highest BCUT2D eigenvalue weighted by Gasteiger charge is 2.29. The molecule has 1 aliphatic carbocycles. The lowest BCUT2D eigenvalue weighted by molar-refractivity contribution is 0.0741. The molecule has 0 radical (unpaired) electrons. The SMILES string of the molecule is CNCCC1CCCCN1C(C)CC1CCC1. The van der Waals surface area contributed by atoms with Crippen LogP contribution in [0.4, 0.5) is 0 Å². The average Bonchev–Trinajstić information content (AvgIpc) is 2.31. The molecule has 0 aromatic heterocycles. The van der Waals surface area contributed by atoms with Gasteiger partial charge in [-0.15, -0.1) is 0 Å². The molecule has 2 fully saturated rings. The first-order chi connectivity index (χ1) is 8.31. The molecule has 0 aromatic rings. The number of rotatable bonds is 6. The molecule has 0 amide bonds. The highest BCUT2D eigenvalue weighted by molar-refractivity contribution is 4.84. The van der Waals surface area contributed by atoms with Crippen LogP contribution in [0.15, 0.2) is 0 Å². The van der Waals surface area contributed by atoms with Gasteiger partial charge in [0.05, 0.1) is 0 Å². The Bertz CT molecular complexity index is 213. The van der Waals surface area contributed by atoms with Gasteiger partial charge in [-0.05, 0) is 58.7 Å². The molecule has 1 aliphatic heterocycles. The minimum atomic E-state index is 0.822. The summed E-state index contributed by atoms with van der Waals surface area (Å²) in [6.07, 6.45) is 11.6. The Kier molecular flexibility index (Phi) is 5.30. The average molecular weight is 238 g/mol. The van der Waals surface area contributed by atoms with E-state index in [1.54, 1.807) is 0 Å². The Morgan fingerprint density at radius 3 is 2.65 bits per heavy atom. The summed E-state index contributed by atoms with van der Waals surface area (Å²) in [6.45, 7) is 5.00. The number of hydrogen-bond acceptors (Lipinski definition) is 2. The Labute approximate surface area is 107 Å². The van der Waals surface area contributed by atoms with E-state index in [0.717, 1.165) is 18.0 Å². The lowest BCUT2D eigenvalue weighted by atomic mass is 9.80. The number of piperidine rings is 1. The standard InChI is InChI=1S/C15H30N2/c1-13(12-14-6-5-7-14)17-11-4-3-8-15(17)9-10-16-2/h13-16H,3-12H2,1-2H3. The van der Waals surface area contributed by atoms with Gasteiger partial charge in [-0.25, -0.2) is 0 Å².